The number of hydrogen-bond acceptors (Lipinski definition) is 6. The number of rotatable bonds is 3. The van der Waals surface area contributed by atoms with Crippen molar-refractivity contribution in [3.63, 3.8) is 0 Å². The van der Waals surface area contributed by atoms with Gasteiger partial charge in [0.15, 0.2) is 0 Å². The molecule has 1 saturated heterocycles. The molecule has 8 heteroatoms. The number of hydrogen-bond donors (Lipinski definition) is 1. The van der Waals surface area contributed by atoms with Crippen LogP contribution in [0.1, 0.15) is 30.6 Å². The molecular formula is C16H22N2O5S. The van der Waals surface area contributed by atoms with Crippen LogP contribution in [0, 0.1) is 0 Å². The van der Waals surface area contributed by atoms with E-state index in [0.29, 0.717) is 25.3 Å². The Balaban J connectivity index is 1.77. The first-order valence-corrected chi connectivity index (χ1v) is 9.40. The van der Waals surface area contributed by atoms with Gasteiger partial charge in [-0.05, 0) is 38.5 Å². The molecular weight excluding hydrogens is 332 g/mol. The molecule has 0 bridgehead atoms. The van der Waals surface area contributed by atoms with Gasteiger partial charge in [-0.2, -0.15) is 0 Å². The summed E-state index contributed by atoms with van der Waals surface area (Å²) in [5.74, 6) is 0.0515. The van der Waals surface area contributed by atoms with Gasteiger partial charge in [-0.3, -0.25) is 4.79 Å². The van der Waals surface area contributed by atoms with Crippen molar-refractivity contribution >= 4 is 21.6 Å². The van der Waals surface area contributed by atoms with E-state index in [9.17, 15) is 13.2 Å². The molecule has 1 unspecified atom stereocenters. The Labute approximate surface area is 142 Å². The molecule has 3 rings (SSSR count). The molecule has 0 aromatic heterocycles. The summed E-state index contributed by atoms with van der Waals surface area (Å²) in [6, 6.07) is 4.90. The minimum atomic E-state index is -3.78. The maximum atomic E-state index is 12.4. The lowest BCUT2D eigenvalue weighted by atomic mass is 10.1. The summed E-state index contributed by atoms with van der Waals surface area (Å²) >= 11 is 0. The van der Waals surface area contributed by atoms with E-state index in [0.717, 1.165) is 5.69 Å². The molecule has 132 valence electrons. The quantitative estimate of drug-likeness (QED) is 0.876. The Morgan fingerprint density at radius 3 is 2.79 bits per heavy atom. The molecule has 0 radical (unpaired) electrons. The maximum Gasteiger partial charge on any atom is 0.264 e. The lowest BCUT2D eigenvalue weighted by Gasteiger charge is -2.28. The van der Waals surface area contributed by atoms with Crippen LogP contribution in [0.5, 0.6) is 5.75 Å². The zero-order valence-electron chi connectivity index (χ0n) is 14.0. The highest BCUT2D eigenvalue weighted by molar-refractivity contribution is 7.90. The second-order valence-electron chi connectivity index (χ2n) is 6.83. The summed E-state index contributed by atoms with van der Waals surface area (Å²) in [4.78, 5) is 14.4. The molecule has 1 aromatic rings. The molecule has 2 aliphatic heterocycles. The Morgan fingerprint density at radius 1 is 1.38 bits per heavy atom. The highest BCUT2D eigenvalue weighted by atomic mass is 32.2. The third-order valence-corrected chi connectivity index (χ3v) is 6.02. The molecule has 2 heterocycles. The second-order valence-corrected chi connectivity index (χ2v) is 8.79. The molecule has 1 N–H and O–H groups in total. The number of anilines is 1. The normalized spacial score (nSPS) is 22.6. The molecule has 1 fully saturated rings. The number of likely N-dealkylation sites (N-methyl/N-ethyl adjacent to an activating group) is 1. The van der Waals surface area contributed by atoms with Gasteiger partial charge in [-0.1, -0.05) is 0 Å². The number of amides is 1. The molecule has 2 aliphatic rings. The van der Waals surface area contributed by atoms with Crippen LogP contribution < -0.4 is 14.4 Å². The summed E-state index contributed by atoms with van der Waals surface area (Å²) in [5.41, 5.74) is 0.568. The summed E-state index contributed by atoms with van der Waals surface area (Å²) in [6.45, 7) is 5.06. The van der Waals surface area contributed by atoms with Gasteiger partial charge >= 0.3 is 0 Å². The minimum absolute atomic E-state index is 0.0936. The van der Waals surface area contributed by atoms with Crippen molar-refractivity contribution in [2.75, 3.05) is 31.7 Å². The number of nitrogens with one attached hydrogen (secondary N) is 1. The molecule has 7 nitrogen and oxygen atoms in total. The summed E-state index contributed by atoms with van der Waals surface area (Å²) < 4.78 is 38.0. The average Bonchev–Trinajstić information content (AvgIpc) is 2.88. The van der Waals surface area contributed by atoms with Crippen molar-refractivity contribution in [3.05, 3.63) is 23.8 Å². The first-order chi connectivity index (χ1) is 11.2. The molecule has 24 heavy (non-hydrogen) atoms. The van der Waals surface area contributed by atoms with Crippen LogP contribution in [0.2, 0.25) is 0 Å². The fourth-order valence-electron chi connectivity index (χ4n) is 2.95. The van der Waals surface area contributed by atoms with Crippen LogP contribution >= 0.6 is 0 Å². The summed E-state index contributed by atoms with van der Waals surface area (Å²) in [5, 5.41) is -0.722. The number of fused-ring (bicyclic) bond motifs is 1. The number of carbonyl (C=O) groups excluding carboxylic acids is 1. The number of benzene rings is 1. The number of carbonyl (C=O) groups is 1. The monoisotopic (exact) mass is 354 g/mol. The van der Waals surface area contributed by atoms with E-state index in [-0.39, 0.29) is 12.2 Å². The predicted octanol–water partition coefficient (Wildman–Crippen LogP) is 1.14. The molecule has 1 aromatic carbocycles. The highest BCUT2D eigenvalue weighted by Gasteiger charge is 2.40. The minimum Gasteiger partial charge on any atom is -0.490 e. The van der Waals surface area contributed by atoms with Crippen molar-refractivity contribution in [3.8, 4) is 5.75 Å². The zero-order valence-corrected chi connectivity index (χ0v) is 14.9. The zero-order chi connectivity index (χ0) is 17.5. The van der Waals surface area contributed by atoms with Gasteiger partial charge in [0.1, 0.15) is 17.6 Å². The number of nitrogens with zero attached hydrogens (tertiary/aromatic N) is 1. The smallest absolute Gasteiger partial charge is 0.264 e. The molecule has 0 aliphatic carbocycles. The lowest BCUT2D eigenvalue weighted by molar-refractivity contribution is 0.0368. The van der Waals surface area contributed by atoms with E-state index < -0.39 is 26.8 Å². The predicted molar refractivity (Wildman–Crippen MR) is 90.0 cm³/mol. The largest absolute Gasteiger partial charge is 0.490 e. The van der Waals surface area contributed by atoms with Crippen molar-refractivity contribution in [2.45, 2.75) is 31.1 Å². The summed E-state index contributed by atoms with van der Waals surface area (Å²) in [7, 11) is -1.88. The van der Waals surface area contributed by atoms with Crippen LogP contribution in [0.3, 0.4) is 0 Å². The van der Waals surface area contributed by atoms with Gasteiger partial charge in [0.2, 0.25) is 10.0 Å². The van der Waals surface area contributed by atoms with E-state index in [1.165, 1.54) is 0 Å². The fourth-order valence-corrected chi connectivity index (χ4v) is 4.36. The van der Waals surface area contributed by atoms with Crippen molar-refractivity contribution in [2.24, 2.45) is 0 Å². The van der Waals surface area contributed by atoms with E-state index in [4.69, 9.17) is 9.47 Å². The van der Waals surface area contributed by atoms with Gasteiger partial charge < -0.3 is 14.4 Å². The molecule has 1 amide bonds. The second kappa shape index (κ2) is 5.93. The number of ether oxygens (including phenoxy) is 2. The maximum absolute atomic E-state index is 12.4. The van der Waals surface area contributed by atoms with Gasteiger partial charge in [0.25, 0.3) is 5.91 Å². The lowest BCUT2D eigenvalue weighted by Crippen LogP contribution is -2.39. The molecule has 0 spiro atoms. The molecule has 1 atom stereocenters. The third-order valence-electron chi connectivity index (χ3n) is 4.37. The molecule has 0 saturated carbocycles. The number of sulfonamides is 1. The first-order valence-electron chi connectivity index (χ1n) is 7.86. The van der Waals surface area contributed by atoms with Gasteiger partial charge in [0, 0.05) is 12.6 Å². The van der Waals surface area contributed by atoms with Crippen molar-refractivity contribution in [1.82, 2.24) is 4.72 Å². The Hall–Kier alpha value is -1.80. The Morgan fingerprint density at radius 2 is 2.12 bits per heavy atom. The van der Waals surface area contributed by atoms with Crippen LogP contribution in [0.25, 0.3) is 0 Å². The SMILES string of the molecule is CN1CCOc2ccc(C(=O)NS(=O)(=O)C3COC(C)(C)C3)cc21. The van der Waals surface area contributed by atoms with E-state index in [1.807, 2.05) is 25.8 Å². The van der Waals surface area contributed by atoms with Crippen LogP contribution in [-0.4, -0.2) is 52.0 Å². The van der Waals surface area contributed by atoms with E-state index in [1.54, 1.807) is 18.2 Å². The third kappa shape index (κ3) is 3.34. The fraction of sp³-hybridized carbons (Fsp3) is 0.562. The van der Waals surface area contributed by atoms with Crippen LogP contribution in [0.4, 0.5) is 5.69 Å². The van der Waals surface area contributed by atoms with Gasteiger partial charge in [0.05, 0.1) is 24.4 Å². The Kier molecular flexibility index (Phi) is 4.21. The average molecular weight is 354 g/mol. The van der Waals surface area contributed by atoms with E-state index >= 15 is 0 Å². The van der Waals surface area contributed by atoms with Gasteiger partial charge in [-0.25, -0.2) is 13.1 Å². The first kappa shape index (κ1) is 17.0. The van der Waals surface area contributed by atoms with Crippen molar-refractivity contribution in [1.29, 1.82) is 0 Å². The summed E-state index contributed by atoms with van der Waals surface area (Å²) in [6.07, 6.45) is 0.358. The van der Waals surface area contributed by atoms with Gasteiger partial charge in [-0.15, -0.1) is 0 Å². The van der Waals surface area contributed by atoms with Crippen LogP contribution in [0.15, 0.2) is 18.2 Å². The standard InChI is InChI=1S/C16H22N2O5S/c1-16(2)9-12(10-23-16)24(20,21)17-15(19)11-4-5-14-13(8-11)18(3)6-7-22-14/h4-5,8,12H,6-7,9-10H2,1-3H3,(H,17,19). The van der Waals surface area contributed by atoms with E-state index in [2.05, 4.69) is 4.72 Å². The Bertz CT molecular complexity index is 760. The topological polar surface area (TPSA) is 84.9 Å². The van der Waals surface area contributed by atoms with Crippen molar-refractivity contribution < 1.29 is 22.7 Å². The van der Waals surface area contributed by atoms with Crippen LogP contribution in [-0.2, 0) is 14.8 Å². The highest BCUT2D eigenvalue weighted by Crippen LogP contribution is 2.32.